The van der Waals surface area contributed by atoms with Crippen molar-refractivity contribution < 1.29 is 17.9 Å². The highest BCUT2D eigenvalue weighted by molar-refractivity contribution is 7.92. The maximum absolute atomic E-state index is 12.6. The topological polar surface area (TPSA) is 84.5 Å². The van der Waals surface area contributed by atoms with Crippen LogP contribution in [0.2, 0.25) is 5.02 Å². The molecule has 0 aliphatic carbocycles. The first-order valence-corrected chi connectivity index (χ1v) is 11.5. The summed E-state index contributed by atoms with van der Waals surface area (Å²) in [6, 6.07) is 18.3. The zero-order valence-electron chi connectivity index (χ0n) is 17.2. The van der Waals surface area contributed by atoms with Crippen LogP contribution in [0.5, 0.6) is 5.75 Å². The van der Waals surface area contributed by atoms with E-state index in [0.29, 0.717) is 13.2 Å². The number of hydrogen-bond acceptors (Lipinski definition) is 4. The van der Waals surface area contributed by atoms with Crippen molar-refractivity contribution in [1.82, 2.24) is 5.32 Å². The minimum absolute atomic E-state index is 0.134. The van der Waals surface area contributed by atoms with E-state index in [4.69, 9.17) is 16.3 Å². The zero-order valence-corrected chi connectivity index (χ0v) is 18.8. The van der Waals surface area contributed by atoms with E-state index in [1.165, 1.54) is 30.3 Å². The number of carbonyl (C=O) groups is 1. The molecule has 3 aromatic rings. The van der Waals surface area contributed by atoms with E-state index in [1.807, 2.05) is 38.1 Å². The summed E-state index contributed by atoms with van der Waals surface area (Å²) in [5.41, 5.74) is 2.27. The maximum atomic E-state index is 12.6. The minimum atomic E-state index is -3.79. The number of carbonyl (C=O) groups excluding carboxylic acids is 1. The van der Waals surface area contributed by atoms with E-state index >= 15 is 0 Å². The molecular formula is C23H23ClN2O4S. The summed E-state index contributed by atoms with van der Waals surface area (Å²) in [6.07, 6.45) is 0. The second kappa shape index (κ2) is 9.85. The second-order valence-electron chi connectivity index (χ2n) is 6.87. The van der Waals surface area contributed by atoms with Gasteiger partial charge in [0.15, 0.2) is 0 Å². The van der Waals surface area contributed by atoms with Gasteiger partial charge in [-0.3, -0.25) is 9.52 Å². The average molecular weight is 459 g/mol. The van der Waals surface area contributed by atoms with Crippen molar-refractivity contribution in [3.05, 3.63) is 88.4 Å². The van der Waals surface area contributed by atoms with Gasteiger partial charge in [0.2, 0.25) is 0 Å². The first-order valence-electron chi connectivity index (χ1n) is 9.67. The third-order valence-corrected chi connectivity index (χ3v) is 6.21. The molecule has 0 radical (unpaired) electrons. The Morgan fingerprint density at radius 3 is 2.32 bits per heavy atom. The van der Waals surface area contributed by atoms with Gasteiger partial charge in [-0.1, -0.05) is 41.4 Å². The highest BCUT2D eigenvalue weighted by Crippen LogP contribution is 2.23. The van der Waals surface area contributed by atoms with Gasteiger partial charge in [-0.2, -0.15) is 0 Å². The van der Waals surface area contributed by atoms with Crippen LogP contribution in [-0.4, -0.2) is 20.9 Å². The highest BCUT2D eigenvalue weighted by Gasteiger charge is 2.17. The van der Waals surface area contributed by atoms with E-state index < -0.39 is 15.9 Å². The van der Waals surface area contributed by atoms with Crippen molar-refractivity contribution in [3.8, 4) is 5.75 Å². The van der Waals surface area contributed by atoms with Gasteiger partial charge in [0, 0.05) is 12.2 Å². The third kappa shape index (κ3) is 5.99. The SMILES string of the molecule is CCOc1ccc(CNC(=O)c2cc(NS(=O)(=O)c3ccc(C)cc3)ccc2Cl)cc1. The Morgan fingerprint density at radius 1 is 1.00 bits per heavy atom. The number of benzene rings is 3. The lowest BCUT2D eigenvalue weighted by Crippen LogP contribution is -2.23. The summed E-state index contributed by atoms with van der Waals surface area (Å²) in [5, 5.41) is 3.02. The molecular weight excluding hydrogens is 436 g/mol. The molecule has 31 heavy (non-hydrogen) atoms. The predicted octanol–water partition coefficient (Wildman–Crippen LogP) is 4.78. The molecule has 3 aromatic carbocycles. The van der Waals surface area contributed by atoms with Crippen molar-refractivity contribution in [2.24, 2.45) is 0 Å². The Bertz CT molecular complexity index is 1160. The first-order chi connectivity index (χ1) is 14.8. The van der Waals surface area contributed by atoms with E-state index in [-0.39, 0.29) is 21.2 Å². The van der Waals surface area contributed by atoms with Crippen molar-refractivity contribution in [3.63, 3.8) is 0 Å². The van der Waals surface area contributed by atoms with Crippen molar-refractivity contribution in [2.45, 2.75) is 25.3 Å². The summed E-state index contributed by atoms with van der Waals surface area (Å²) in [4.78, 5) is 12.8. The van der Waals surface area contributed by atoms with E-state index in [2.05, 4.69) is 10.0 Å². The van der Waals surface area contributed by atoms with Crippen LogP contribution in [0.15, 0.2) is 71.6 Å². The Labute approximate surface area is 187 Å². The highest BCUT2D eigenvalue weighted by atomic mass is 35.5. The molecule has 0 unspecified atom stereocenters. The molecule has 0 spiro atoms. The molecule has 162 valence electrons. The lowest BCUT2D eigenvalue weighted by Gasteiger charge is -2.12. The van der Waals surface area contributed by atoms with E-state index in [9.17, 15) is 13.2 Å². The number of hydrogen-bond donors (Lipinski definition) is 2. The Balaban J connectivity index is 1.71. The van der Waals surface area contributed by atoms with Gasteiger partial charge < -0.3 is 10.1 Å². The van der Waals surface area contributed by atoms with Crippen LogP contribution in [0.3, 0.4) is 0 Å². The lowest BCUT2D eigenvalue weighted by molar-refractivity contribution is 0.0951. The van der Waals surface area contributed by atoms with Gasteiger partial charge in [-0.25, -0.2) is 8.42 Å². The Morgan fingerprint density at radius 2 is 1.68 bits per heavy atom. The van der Waals surface area contributed by atoms with E-state index in [0.717, 1.165) is 16.9 Å². The minimum Gasteiger partial charge on any atom is -0.494 e. The van der Waals surface area contributed by atoms with Crippen LogP contribution in [0.25, 0.3) is 0 Å². The number of aryl methyl sites for hydroxylation is 1. The molecule has 0 fully saturated rings. The first kappa shape index (κ1) is 22.7. The number of nitrogens with one attached hydrogen (secondary N) is 2. The molecule has 2 N–H and O–H groups in total. The summed E-state index contributed by atoms with van der Waals surface area (Å²) in [6.45, 7) is 4.66. The Kier molecular flexibility index (Phi) is 7.20. The van der Waals surface area contributed by atoms with Crippen molar-refractivity contribution in [1.29, 1.82) is 0 Å². The van der Waals surface area contributed by atoms with Crippen LogP contribution >= 0.6 is 11.6 Å². The second-order valence-corrected chi connectivity index (χ2v) is 8.96. The normalized spacial score (nSPS) is 11.1. The number of amides is 1. The molecule has 0 heterocycles. The fraction of sp³-hybridized carbons (Fsp3) is 0.174. The summed E-state index contributed by atoms with van der Waals surface area (Å²) in [7, 11) is -3.79. The zero-order chi connectivity index (χ0) is 22.4. The molecule has 0 atom stereocenters. The molecule has 0 saturated heterocycles. The van der Waals surface area contributed by atoms with Crippen LogP contribution in [0.4, 0.5) is 5.69 Å². The largest absolute Gasteiger partial charge is 0.494 e. The van der Waals surface area contributed by atoms with Gasteiger partial charge in [-0.15, -0.1) is 0 Å². The summed E-state index contributed by atoms with van der Waals surface area (Å²) < 4.78 is 33.1. The maximum Gasteiger partial charge on any atom is 0.261 e. The van der Waals surface area contributed by atoms with Crippen LogP contribution in [0, 0.1) is 6.92 Å². The average Bonchev–Trinajstić information content (AvgIpc) is 2.75. The van der Waals surface area contributed by atoms with Gasteiger partial charge >= 0.3 is 0 Å². The van der Waals surface area contributed by atoms with Crippen LogP contribution in [0.1, 0.15) is 28.4 Å². The lowest BCUT2D eigenvalue weighted by atomic mass is 10.1. The fourth-order valence-electron chi connectivity index (χ4n) is 2.84. The molecule has 1 amide bonds. The number of sulfonamides is 1. The number of rotatable bonds is 8. The molecule has 0 saturated carbocycles. The van der Waals surface area contributed by atoms with Crippen LogP contribution < -0.4 is 14.8 Å². The van der Waals surface area contributed by atoms with Gasteiger partial charge in [0.1, 0.15) is 5.75 Å². The van der Waals surface area contributed by atoms with Crippen LogP contribution in [-0.2, 0) is 16.6 Å². The Hall–Kier alpha value is -3.03. The third-order valence-electron chi connectivity index (χ3n) is 4.48. The molecule has 0 aliphatic heterocycles. The quantitative estimate of drug-likeness (QED) is 0.508. The number of ether oxygens (including phenoxy) is 1. The van der Waals surface area contributed by atoms with Gasteiger partial charge in [-0.05, 0) is 61.9 Å². The van der Waals surface area contributed by atoms with Crippen molar-refractivity contribution >= 4 is 33.2 Å². The monoisotopic (exact) mass is 458 g/mol. The number of anilines is 1. The smallest absolute Gasteiger partial charge is 0.261 e. The number of halogens is 1. The predicted molar refractivity (Wildman–Crippen MR) is 122 cm³/mol. The molecule has 0 aromatic heterocycles. The van der Waals surface area contributed by atoms with Gasteiger partial charge in [0.05, 0.1) is 22.1 Å². The summed E-state index contributed by atoms with van der Waals surface area (Å²) in [5.74, 6) is 0.351. The fourth-order valence-corrected chi connectivity index (χ4v) is 4.09. The standard InChI is InChI=1S/C23H23ClN2O4S/c1-3-30-19-9-6-17(7-10-19)15-25-23(27)21-14-18(8-13-22(21)24)26-31(28,29)20-11-4-16(2)5-12-20/h4-14,26H,3,15H2,1-2H3,(H,25,27). The molecule has 3 rings (SSSR count). The van der Waals surface area contributed by atoms with Crippen molar-refractivity contribution in [2.75, 3.05) is 11.3 Å². The molecule has 0 aliphatic rings. The molecule has 8 heteroatoms. The van der Waals surface area contributed by atoms with Gasteiger partial charge in [0.25, 0.3) is 15.9 Å². The molecule has 0 bridgehead atoms. The van der Waals surface area contributed by atoms with E-state index in [1.54, 1.807) is 12.1 Å². The summed E-state index contributed by atoms with van der Waals surface area (Å²) >= 11 is 6.18. The molecule has 6 nitrogen and oxygen atoms in total.